The number of aryl methyl sites for hydroxylation is 2. The highest BCUT2D eigenvalue weighted by molar-refractivity contribution is 5.75. The summed E-state index contributed by atoms with van der Waals surface area (Å²) in [5.41, 5.74) is 2.75. The number of carbonyl (C=O) groups excluding carboxylic acids is 1. The van der Waals surface area contributed by atoms with Gasteiger partial charge in [0.2, 0.25) is 0 Å². The Labute approximate surface area is 124 Å². The topological polar surface area (TPSA) is 57.0 Å². The molecular formula is C16H21N3O2. The Morgan fingerprint density at radius 2 is 2.10 bits per heavy atom. The SMILES string of the molecule is CCCc1ccc(OC(C)=O)c(-c2cn(CCC)nn2)c1. The van der Waals surface area contributed by atoms with Crippen molar-refractivity contribution in [2.75, 3.05) is 0 Å². The second-order valence-electron chi connectivity index (χ2n) is 5.04. The molecule has 0 saturated heterocycles. The maximum absolute atomic E-state index is 11.3. The van der Waals surface area contributed by atoms with Crippen LogP contribution in [-0.2, 0) is 17.8 Å². The summed E-state index contributed by atoms with van der Waals surface area (Å²) < 4.78 is 7.09. The number of hydrogen-bond acceptors (Lipinski definition) is 4. The first-order chi connectivity index (χ1) is 10.1. The highest BCUT2D eigenvalue weighted by atomic mass is 16.5. The van der Waals surface area contributed by atoms with Crippen molar-refractivity contribution in [1.29, 1.82) is 0 Å². The van der Waals surface area contributed by atoms with Crippen molar-refractivity contribution >= 4 is 5.97 Å². The van der Waals surface area contributed by atoms with Gasteiger partial charge in [-0.15, -0.1) is 5.10 Å². The fourth-order valence-corrected chi connectivity index (χ4v) is 2.23. The van der Waals surface area contributed by atoms with E-state index in [9.17, 15) is 4.79 Å². The zero-order valence-electron chi connectivity index (χ0n) is 12.8. The van der Waals surface area contributed by atoms with Gasteiger partial charge in [-0.2, -0.15) is 0 Å². The predicted molar refractivity (Wildman–Crippen MR) is 81.1 cm³/mol. The molecule has 0 bridgehead atoms. The zero-order valence-corrected chi connectivity index (χ0v) is 12.8. The van der Waals surface area contributed by atoms with Crippen LogP contribution in [0, 0.1) is 0 Å². The van der Waals surface area contributed by atoms with Crippen LogP contribution in [0.25, 0.3) is 11.3 Å². The predicted octanol–water partition coefficient (Wildman–Crippen LogP) is 3.23. The molecule has 0 aliphatic carbocycles. The van der Waals surface area contributed by atoms with Crippen molar-refractivity contribution in [3.8, 4) is 17.0 Å². The molecule has 0 radical (unpaired) electrons. The van der Waals surface area contributed by atoms with Crippen LogP contribution < -0.4 is 4.74 Å². The lowest BCUT2D eigenvalue weighted by Crippen LogP contribution is -2.03. The van der Waals surface area contributed by atoms with Gasteiger partial charge in [-0.1, -0.05) is 31.5 Å². The van der Waals surface area contributed by atoms with Gasteiger partial charge >= 0.3 is 5.97 Å². The third kappa shape index (κ3) is 3.90. The third-order valence-electron chi connectivity index (χ3n) is 3.10. The number of carbonyl (C=O) groups is 1. The monoisotopic (exact) mass is 287 g/mol. The zero-order chi connectivity index (χ0) is 15.2. The summed E-state index contributed by atoms with van der Waals surface area (Å²) in [7, 11) is 0. The molecular weight excluding hydrogens is 266 g/mol. The van der Waals surface area contributed by atoms with E-state index >= 15 is 0 Å². The lowest BCUT2D eigenvalue weighted by atomic mass is 10.0. The average molecular weight is 287 g/mol. The van der Waals surface area contributed by atoms with Gasteiger partial charge in [-0.05, 0) is 30.5 Å². The molecule has 0 atom stereocenters. The maximum atomic E-state index is 11.3. The van der Waals surface area contributed by atoms with Crippen LogP contribution in [0.4, 0.5) is 0 Å². The van der Waals surface area contributed by atoms with E-state index < -0.39 is 0 Å². The Hall–Kier alpha value is -2.17. The Morgan fingerprint density at radius 1 is 1.29 bits per heavy atom. The summed E-state index contributed by atoms with van der Waals surface area (Å²) in [6.07, 6.45) is 4.93. The molecule has 112 valence electrons. The van der Waals surface area contributed by atoms with Crippen molar-refractivity contribution < 1.29 is 9.53 Å². The molecule has 0 aliphatic heterocycles. The Bertz CT molecular complexity index is 620. The second kappa shape index (κ2) is 7.02. The summed E-state index contributed by atoms with van der Waals surface area (Å²) in [5.74, 6) is 0.200. The van der Waals surface area contributed by atoms with Crippen molar-refractivity contribution in [2.24, 2.45) is 0 Å². The van der Waals surface area contributed by atoms with E-state index in [4.69, 9.17) is 4.74 Å². The molecule has 0 fully saturated rings. The molecule has 0 aliphatic rings. The van der Waals surface area contributed by atoms with Gasteiger partial charge in [0.15, 0.2) is 0 Å². The van der Waals surface area contributed by atoms with Crippen LogP contribution in [0.1, 0.15) is 39.2 Å². The lowest BCUT2D eigenvalue weighted by molar-refractivity contribution is -0.131. The van der Waals surface area contributed by atoms with Gasteiger partial charge in [0, 0.05) is 19.0 Å². The minimum atomic E-state index is -0.333. The van der Waals surface area contributed by atoms with Crippen molar-refractivity contribution in [1.82, 2.24) is 15.0 Å². The van der Waals surface area contributed by atoms with E-state index in [0.717, 1.165) is 37.1 Å². The van der Waals surface area contributed by atoms with E-state index in [2.05, 4.69) is 24.2 Å². The Morgan fingerprint density at radius 3 is 2.76 bits per heavy atom. The Kier molecular flexibility index (Phi) is 5.09. The summed E-state index contributed by atoms with van der Waals surface area (Å²) in [4.78, 5) is 11.3. The first-order valence-electron chi connectivity index (χ1n) is 7.35. The number of esters is 1. The summed E-state index contributed by atoms with van der Waals surface area (Å²) in [6, 6.07) is 5.85. The molecule has 5 heteroatoms. The fourth-order valence-electron chi connectivity index (χ4n) is 2.23. The van der Waals surface area contributed by atoms with E-state index in [0.29, 0.717) is 5.75 Å². The minimum Gasteiger partial charge on any atom is -0.426 e. The first kappa shape index (κ1) is 15.2. The molecule has 0 amide bonds. The van der Waals surface area contributed by atoms with Gasteiger partial charge in [0.25, 0.3) is 0 Å². The van der Waals surface area contributed by atoms with Crippen LogP contribution in [0.3, 0.4) is 0 Å². The van der Waals surface area contributed by atoms with Gasteiger partial charge in [0.1, 0.15) is 11.4 Å². The quantitative estimate of drug-likeness (QED) is 0.604. The van der Waals surface area contributed by atoms with Crippen LogP contribution >= 0.6 is 0 Å². The molecule has 0 spiro atoms. The van der Waals surface area contributed by atoms with Gasteiger partial charge in [-0.25, -0.2) is 0 Å². The second-order valence-corrected chi connectivity index (χ2v) is 5.04. The Balaban J connectivity index is 2.40. The van der Waals surface area contributed by atoms with Crippen LogP contribution in [-0.4, -0.2) is 21.0 Å². The highest BCUT2D eigenvalue weighted by Gasteiger charge is 2.13. The lowest BCUT2D eigenvalue weighted by Gasteiger charge is -2.09. The number of rotatable bonds is 6. The molecule has 0 unspecified atom stereocenters. The van der Waals surface area contributed by atoms with E-state index in [-0.39, 0.29) is 5.97 Å². The summed E-state index contributed by atoms with van der Waals surface area (Å²) >= 11 is 0. The van der Waals surface area contributed by atoms with Crippen molar-refractivity contribution in [3.63, 3.8) is 0 Å². The molecule has 2 rings (SSSR count). The number of ether oxygens (including phenoxy) is 1. The summed E-state index contributed by atoms with van der Waals surface area (Å²) in [6.45, 7) is 6.45. The van der Waals surface area contributed by atoms with Crippen molar-refractivity contribution in [2.45, 2.75) is 46.6 Å². The van der Waals surface area contributed by atoms with Crippen LogP contribution in [0.5, 0.6) is 5.75 Å². The number of benzene rings is 1. The van der Waals surface area contributed by atoms with Crippen LogP contribution in [0.2, 0.25) is 0 Å². The normalized spacial score (nSPS) is 10.6. The average Bonchev–Trinajstić information content (AvgIpc) is 2.89. The van der Waals surface area contributed by atoms with Gasteiger partial charge < -0.3 is 4.74 Å². The third-order valence-corrected chi connectivity index (χ3v) is 3.10. The maximum Gasteiger partial charge on any atom is 0.308 e. The molecule has 2 aromatic rings. The minimum absolute atomic E-state index is 0.333. The molecule has 0 N–H and O–H groups in total. The molecule has 1 aromatic carbocycles. The first-order valence-corrected chi connectivity index (χ1v) is 7.35. The van der Waals surface area contributed by atoms with E-state index in [1.165, 1.54) is 12.5 Å². The number of aromatic nitrogens is 3. The highest BCUT2D eigenvalue weighted by Crippen LogP contribution is 2.30. The van der Waals surface area contributed by atoms with Gasteiger partial charge in [0.05, 0.1) is 6.20 Å². The van der Waals surface area contributed by atoms with E-state index in [1.807, 2.05) is 24.4 Å². The molecule has 1 heterocycles. The van der Waals surface area contributed by atoms with Crippen LogP contribution in [0.15, 0.2) is 24.4 Å². The standard InChI is InChI=1S/C16H21N3O2/c1-4-6-13-7-8-16(21-12(3)20)14(10-13)15-11-19(9-5-2)18-17-15/h7-8,10-11H,4-6,9H2,1-3H3. The van der Waals surface area contributed by atoms with E-state index in [1.54, 1.807) is 4.68 Å². The van der Waals surface area contributed by atoms with Gasteiger partial charge in [-0.3, -0.25) is 9.48 Å². The number of hydrogen-bond donors (Lipinski definition) is 0. The molecule has 0 saturated carbocycles. The molecule has 21 heavy (non-hydrogen) atoms. The largest absolute Gasteiger partial charge is 0.426 e. The molecule has 5 nitrogen and oxygen atoms in total. The van der Waals surface area contributed by atoms with Crippen molar-refractivity contribution in [3.05, 3.63) is 30.0 Å². The smallest absolute Gasteiger partial charge is 0.308 e. The summed E-state index contributed by atoms with van der Waals surface area (Å²) in [5, 5.41) is 8.30. The number of nitrogens with zero attached hydrogens (tertiary/aromatic N) is 3. The fraction of sp³-hybridized carbons (Fsp3) is 0.438. The molecule has 1 aromatic heterocycles.